The summed E-state index contributed by atoms with van der Waals surface area (Å²) in [5.41, 5.74) is 6.49. The second-order valence-corrected chi connectivity index (χ2v) is 3.74. The highest BCUT2D eigenvalue weighted by molar-refractivity contribution is 5.94. The molecule has 2 aromatic rings. The molecule has 1 heterocycles. The minimum Gasteiger partial charge on any atom is -0.477 e. The molecule has 0 radical (unpaired) electrons. The molecule has 0 spiro atoms. The van der Waals surface area contributed by atoms with E-state index >= 15 is 0 Å². The van der Waals surface area contributed by atoms with E-state index in [9.17, 15) is 9.59 Å². The molecule has 1 amide bonds. The maximum atomic E-state index is 10.8. The lowest BCUT2D eigenvalue weighted by Gasteiger charge is -1.91. The van der Waals surface area contributed by atoms with Gasteiger partial charge in [-0.1, -0.05) is 17.9 Å². The van der Waals surface area contributed by atoms with Gasteiger partial charge in [0.05, 0.1) is 6.42 Å². The standard InChI is InChI=1S/C13H10N2O3/c14-12(16)3-1-2-8-4-5-9-7-11(13(17)18)15-10(9)6-8/h4-7,15H,3H2,(H2,14,16)(H,17,18). The van der Waals surface area contributed by atoms with E-state index < -0.39 is 11.9 Å². The molecule has 5 nitrogen and oxygen atoms in total. The molecule has 0 fully saturated rings. The Morgan fingerprint density at radius 3 is 2.78 bits per heavy atom. The summed E-state index contributed by atoms with van der Waals surface area (Å²) in [7, 11) is 0. The number of H-pyrrole nitrogens is 1. The lowest BCUT2D eigenvalue weighted by atomic mass is 10.1. The molecule has 0 atom stereocenters. The molecule has 0 bridgehead atoms. The number of aromatic carboxylic acids is 1. The van der Waals surface area contributed by atoms with Crippen LogP contribution in [0, 0.1) is 11.8 Å². The summed E-state index contributed by atoms with van der Waals surface area (Å²) in [6.45, 7) is 0. The maximum absolute atomic E-state index is 10.8. The van der Waals surface area contributed by atoms with Crippen molar-refractivity contribution in [2.75, 3.05) is 0 Å². The third kappa shape index (κ3) is 2.50. The Bertz CT molecular complexity index is 689. The molecule has 0 aliphatic carbocycles. The highest BCUT2D eigenvalue weighted by Gasteiger charge is 2.06. The number of carboxylic acid groups (broad SMARTS) is 1. The first-order chi connectivity index (χ1) is 8.56. The third-order valence-corrected chi connectivity index (χ3v) is 2.35. The number of hydrogen-bond acceptors (Lipinski definition) is 2. The van der Waals surface area contributed by atoms with Crippen LogP contribution in [0.1, 0.15) is 22.5 Å². The summed E-state index contributed by atoms with van der Waals surface area (Å²) in [4.78, 5) is 24.1. The fraction of sp³-hybridized carbons (Fsp3) is 0.0769. The molecule has 2 rings (SSSR count). The van der Waals surface area contributed by atoms with Gasteiger partial charge in [0, 0.05) is 16.5 Å². The quantitative estimate of drug-likeness (QED) is 0.688. The van der Waals surface area contributed by atoms with Crippen molar-refractivity contribution in [3.05, 3.63) is 35.5 Å². The van der Waals surface area contributed by atoms with Crippen LogP contribution in [0.2, 0.25) is 0 Å². The van der Waals surface area contributed by atoms with Gasteiger partial charge in [-0.2, -0.15) is 0 Å². The molecular formula is C13H10N2O3. The molecule has 5 heteroatoms. The zero-order valence-corrected chi connectivity index (χ0v) is 9.36. The molecule has 1 aromatic heterocycles. The van der Waals surface area contributed by atoms with E-state index in [0.29, 0.717) is 11.1 Å². The number of carboxylic acids is 1. The number of nitrogens with two attached hydrogens (primary N) is 1. The van der Waals surface area contributed by atoms with Crippen LogP contribution in [0.5, 0.6) is 0 Å². The largest absolute Gasteiger partial charge is 0.477 e. The monoisotopic (exact) mass is 242 g/mol. The number of carbonyl (C=O) groups is 2. The van der Waals surface area contributed by atoms with Crippen LogP contribution >= 0.6 is 0 Å². The van der Waals surface area contributed by atoms with Crippen LogP contribution in [0.3, 0.4) is 0 Å². The predicted octanol–water partition coefficient (Wildman–Crippen LogP) is 1.09. The van der Waals surface area contributed by atoms with Crippen LogP contribution < -0.4 is 5.73 Å². The lowest BCUT2D eigenvalue weighted by molar-refractivity contribution is -0.117. The zero-order valence-electron chi connectivity index (χ0n) is 9.36. The van der Waals surface area contributed by atoms with Gasteiger partial charge in [0.15, 0.2) is 0 Å². The molecular weight excluding hydrogens is 232 g/mol. The van der Waals surface area contributed by atoms with Crippen LogP contribution in [0.25, 0.3) is 10.9 Å². The van der Waals surface area contributed by atoms with Crippen LogP contribution in [0.15, 0.2) is 24.3 Å². The van der Waals surface area contributed by atoms with Crippen molar-refractivity contribution in [3.8, 4) is 11.8 Å². The van der Waals surface area contributed by atoms with Gasteiger partial charge in [0.1, 0.15) is 5.69 Å². The van der Waals surface area contributed by atoms with E-state index in [2.05, 4.69) is 16.8 Å². The van der Waals surface area contributed by atoms with E-state index in [1.54, 1.807) is 24.3 Å². The second kappa shape index (κ2) is 4.63. The minimum absolute atomic E-state index is 0.00311. The van der Waals surface area contributed by atoms with E-state index in [-0.39, 0.29) is 12.1 Å². The molecule has 0 aliphatic heterocycles. The van der Waals surface area contributed by atoms with Gasteiger partial charge >= 0.3 is 5.97 Å². The molecule has 0 saturated heterocycles. The van der Waals surface area contributed by atoms with Crippen molar-refractivity contribution in [2.24, 2.45) is 5.73 Å². The summed E-state index contributed by atoms with van der Waals surface area (Å²) in [5.74, 6) is 3.95. The average Bonchev–Trinajstić information content (AvgIpc) is 2.71. The molecule has 18 heavy (non-hydrogen) atoms. The number of rotatable bonds is 2. The van der Waals surface area contributed by atoms with Crippen molar-refractivity contribution in [1.29, 1.82) is 0 Å². The first-order valence-electron chi connectivity index (χ1n) is 5.19. The zero-order chi connectivity index (χ0) is 13.1. The Kier molecular flexibility index (Phi) is 3.02. The molecule has 0 saturated carbocycles. The highest BCUT2D eigenvalue weighted by atomic mass is 16.4. The fourth-order valence-corrected chi connectivity index (χ4v) is 1.55. The van der Waals surface area contributed by atoms with Crippen LogP contribution in [-0.2, 0) is 4.79 Å². The van der Waals surface area contributed by atoms with Crippen molar-refractivity contribution in [1.82, 2.24) is 4.98 Å². The SMILES string of the molecule is NC(=O)CC#Cc1ccc2cc(C(=O)O)[nH]c2c1. The summed E-state index contributed by atoms with van der Waals surface area (Å²) >= 11 is 0. The van der Waals surface area contributed by atoms with Gasteiger partial charge in [-0.25, -0.2) is 4.79 Å². The number of aromatic nitrogens is 1. The molecule has 1 aromatic carbocycles. The maximum Gasteiger partial charge on any atom is 0.352 e. The third-order valence-electron chi connectivity index (χ3n) is 2.35. The van der Waals surface area contributed by atoms with E-state index in [0.717, 1.165) is 5.39 Å². The topological polar surface area (TPSA) is 96.2 Å². The average molecular weight is 242 g/mol. The summed E-state index contributed by atoms with van der Waals surface area (Å²) in [6.07, 6.45) is 0.00311. The van der Waals surface area contributed by atoms with Crippen LogP contribution in [-0.4, -0.2) is 22.0 Å². The first-order valence-corrected chi connectivity index (χ1v) is 5.19. The summed E-state index contributed by atoms with van der Waals surface area (Å²) in [6, 6.07) is 6.82. The first kappa shape index (κ1) is 11.7. The number of hydrogen-bond donors (Lipinski definition) is 3. The molecule has 0 unspecified atom stereocenters. The Hall–Kier alpha value is -2.74. The highest BCUT2D eigenvalue weighted by Crippen LogP contribution is 2.16. The number of nitrogens with one attached hydrogen (secondary N) is 1. The number of aromatic amines is 1. The van der Waals surface area contributed by atoms with Gasteiger partial charge in [-0.05, 0) is 18.2 Å². The minimum atomic E-state index is -1.01. The number of primary amides is 1. The number of benzene rings is 1. The normalized spacial score (nSPS) is 9.78. The van der Waals surface area contributed by atoms with Gasteiger partial charge < -0.3 is 15.8 Å². The number of amides is 1. The molecule has 4 N–H and O–H groups in total. The Balaban J connectivity index is 2.34. The fourth-order valence-electron chi connectivity index (χ4n) is 1.55. The number of fused-ring (bicyclic) bond motifs is 1. The van der Waals surface area contributed by atoms with Crippen molar-refractivity contribution in [3.63, 3.8) is 0 Å². The van der Waals surface area contributed by atoms with E-state index in [1.807, 2.05) is 0 Å². The Morgan fingerprint density at radius 2 is 2.11 bits per heavy atom. The van der Waals surface area contributed by atoms with Gasteiger partial charge in [-0.15, -0.1) is 0 Å². The van der Waals surface area contributed by atoms with Crippen molar-refractivity contribution < 1.29 is 14.7 Å². The van der Waals surface area contributed by atoms with Gasteiger partial charge in [0.2, 0.25) is 5.91 Å². The second-order valence-electron chi connectivity index (χ2n) is 3.74. The van der Waals surface area contributed by atoms with E-state index in [4.69, 9.17) is 10.8 Å². The van der Waals surface area contributed by atoms with Crippen LogP contribution in [0.4, 0.5) is 0 Å². The van der Waals surface area contributed by atoms with Crippen molar-refractivity contribution >= 4 is 22.8 Å². The van der Waals surface area contributed by atoms with Gasteiger partial charge in [-0.3, -0.25) is 4.79 Å². The van der Waals surface area contributed by atoms with E-state index in [1.165, 1.54) is 0 Å². The Morgan fingerprint density at radius 1 is 1.33 bits per heavy atom. The lowest BCUT2D eigenvalue weighted by Crippen LogP contribution is -2.08. The summed E-state index contributed by atoms with van der Waals surface area (Å²) < 4.78 is 0. The van der Waals surface area contributed by atoms with Gasteiger partial charge in [0.25, 0.3) is 0 Å². The Labute approximate surface area is 103 Å². The molecule has 90 valence electrons. The smallest absolute Gasteiger partial charge is 0.352 e. The van der Waals surface area contributed by atoms with Crippen molar-refractivity contribution in [2.45, 2.75) is 6.42 Å². The summed E-state index contributed by atoms with van der Waals surface area (Å²) in [5, 5.41) is 9.65. The molecule has 0 aliphatic rings. The predicted molar refractivity (Wildman–Crippen MR) is 65.9 cm³/mol. The number of carbonyl (C=O) groups excluding carboxylic acids is 1.